The molecule has 0 aliphatic carbocycles. The van der Waals surface area contributed by atoms with Crippen molar-refractivity contribution >= 4 is 31.2 Å². The Morgan fingerprint density at radius 1 is 0.875 bits per heavy atom. The molecule has 0 aromatic heterocycles. The molecular formula is C17H32O4Si3. The van der Waals surface area contributed by atoms with E-state index in [9.17, 15) is 4.79 Å². The summed E-state index contributed by atoms with van der Waals surface area (Å²) in [4.78, 5) is 11.0. The molecule has 24 heavy (non-hydrogen) atoms. The summed E-state index contributed by atoms with van der Waals surface area (Å²) in [6, 6.07) is 8.64. The molecule has 0 fully saturated rings. The predicted octanol–water partition coefficient (Wildman–Crippen LogP) is 4.93. The fourth-order valence-corrected chi connectivity index (χ4v) is 15.1. The molecule has 0 saturated heterocycles. The van der Waals surface area contributed by atoms with E-state index in [-0.39, 0.29) is 5.97 Å². The lowest BCUT2D eigenvalue weighted by atomic mass is 10.2. The van der Waals surface area contributed by atoms with Crippen LogP contribution in [-0.2, 0) is 19.4 Å². The van der Waals surface area contributed by atoms with Crippen LogP contribution in [0.5, 0.6) is 5.75 Å². The van der Waals surface area contributed by atoms with E-state index in [1.165, 1.54) is 12.5 Å². The van der Waals surface area contributed by atoms with E-state index < -0.39 is 25.2 Å². The fraction of sp³-hybridized carbons (Fsp3) is 0.588. The summed E-state index contributed by atoms with van der Waals surface area (Å²) in [7, 11) is -5.52. The first-order valence-electron chi connectivity index (χ1n) is 8.46. The van der Waals surface area contributed by atoms with Gasteiger partial charge in [0, 0.05) is 6.92 Å². The Balaban J connectivity index is 2.78. The molecule has 0 N–H and O–H groups in total. The van der Waals surface area contributed by atoms with E-state index in [1.807, 2.05) is 24.3 Å². The topological polar surface area (TPSA) is 44.8 Å². The van der Waals surface area contributed by atoms with Gasteiger partial charge in [-0.05, 0) is 76.0 Å². The Kier molecular flexibility index (Phi) is 7.18. The maximum Gasteiger partial charge on any atom is 0.314 e. The molecule has 0 spiro atoms. The molecule has 0 bridgehead atoms. The Morgan fingerprint density at radius 2 is 1.33 bits per heavy atom. The van der Waals surface area contributed by atoms with Crippen LogP contribution >= 0.6 is 0 Å². The van der Waals surface area contributed by atoms with Crippen LogP contribution in [0, 0.1) is 0 Å². The number of benzene rings is 1. The van der Waals surface area contributed by atoms with Gasteiger partial charge in [-0.25, -0.2) is 0 Å². The van der Waals surface area contributed by atoms with E-state index in [4.69, 9.17) is 13.0 Å². The zero-order valence-electron chi connectivity index (χ0n) is 16.4. The van der Waals surface area contributed by atoms with Crippen molar-refractivity contribution < 1.29 is 17.8 Å². The van der Waals surface area contributed by atoms with Crippen molar-refractivity contribution in [3.8, 4) is 5.75 Å². The van der Waals surface area contributed by atoms with Gasteiger partial charge < -0.3 is 13.0 Å². The standard InChI is InChI=1S/C17H32O4Si3/c1-15(18)19-17-11-9-16(10-12-17)13-14-24(8,20-22(2,3)4)21-23(5,6)7/h9-12H,13-14H2,1-8H3. The minimum absolute atomic E-state index is 0.296. The van der Waals surface area contributed by atoms with Gasteiger partial charge in [0.25, 0.3) is 0 Å². The summed E-state index contributed by atoms with van der Waals surface area (Å²) < 4.78 is 18.1. The van der Waals surface area contributed by atoms with Crippen LogP contribution in [0.25, 0.3) is 0 Å². The summed E-state index contributed by atoms with van der Waals surface area (Å²) in [5, 5.41) is 0. The Hall–Kier alpha value is -0.739. The highest BCUT2D eigenvalue weighted by Gasteiger charge is 2.39. The molecule has 0 aliphatic rings. The number of ether oxygens (including phenoxy) is 1. The minimum Gasteiger partial charge on any atom is -0.437 e. The first-order valence-corrected chi connectivity index (χ1v) is 17.8. The summed E-state index contributed by atoms with van der Waals surface area (Å²) >= 11 is 0. The van der Waals surface area contributed by atoms with Crippen molar-refractivity contribution in [2.75, 3.05) is 0 Å². The third-order valence-electron chi connectivity index (χ3n) is 3.10. The van der Waals surface area contributed by atoms with Crippen molar-refractivity contribution in [2.24, 2.45) is 0 Å². The molecule has 0 radical (unpaired) electrons. The first-order chi connectivity index (χ1) is 10.8. The van der Waals surface area contributed by atoms with Crippen molar-refractivity contribution in [3.05, 3.63) is 29.8 Å². The van der Waals surface area contributed by atoms with Gasteiger partial charge in [0.2, 0.25) is 0 Å². The molecule has 0 atom stereocenters. The van der Waals surface area contributed by atoms with Gasteiger partial charge in [-0.15, -0.1) is 0 Å². The highest BCUT2D eigenvalue weighted by atomic mass is 28.5. The monoisotopic (exact) mass is 384 g/mol. The van der Waals surface area contributed by atoms with Gasteiger partial charge in [0.1, 0.15) is 5.75 Å². The molecule has 0 heterocycles. The van der Waals surface area contributed by atoms with E-state index in [1.54, 1.807) is 0 Å². The van der Waals surface area contributed by atoms with E-state index in [0.717, 1.165) is 12.5 Å². The van der Waals surface area contributed by atoms with Crippen molar-refractivity contribution in [2.45, 2.75) is 65.2 Å². The number of rotatable bonds is 8. The normalized spacial score (nSPS) is 13.0. The molecule has 0 unspecified atom stereocenters. The number of hydrogen-bond donors (Lipinski definition) is 0. The lowest BCUT2D eigenvalue weighted by Crippen LogP contribution is -2.52. The van der Waals surface area contributed by atoms with Crippen molar-refractivity contribution in [1.82, 2.24) is 0 Å². The highest BCUT2D eigenvalue weighted by Crippen LogP contribution is 2.26. The second kappa shape index (κ2) is 8.09. The van der Waals surface area contributed by atoms with Gasteiger partial charge in [-0.2, -0.15) is 0 Å². The minimum atomic E-state index is -2.20. The third-order valence-corrected chi connectivity index (χ3v) is 12.6. The Labute approximate surface area is 150 Å². The molecule has 1 rings (SSSR count). The number of hydrogen-bond acceptors (Lipinski definition) is 4. The largest absolute Gasteiger partial charge is 0.437 e. The van der Waals surface area contributed by atoms with Crippen LogP contribution < -0.4 is 4.74 Å². The van der Waals surface area contributed by atoms with E-state index >= 15 is 0 Å². The maximum atomic E-state index is 11.0. The fourth-order valence-electron chi connectivity index (χ4n) is 2.68. The van der Waals surface area contributed by atoms with Crippen LogP contribution in [0.4, 0.5) is 0 Å². The smallest absolute Gasteiger partial charge is 0.314 e. The number of esters is 1. The van der Waals surface area contributed by atoms with Gasteiger partial charge in [0.15, 0.2) is 16.6 Å². The van der Waals surface area contributed by atoms with Crippen molar-refractivity contribution in [1.29, 1.82) is 0 Å². The molecule has 0 amide bonds. The summed E-state index contributed by atoms with van der Waals surface area (Å²) in [6.07, 6.45) is 0.915. The second-order valence-electron chi connectivity index (χ2n) is 8.30. The highest BCUT2D eigenvalue weighted by molar-refractivity contribution is 6.87. The predicted molar refractivity (Wildman–Crippen MR) is 107 cm³/mol. The van der Waals surface area contributed by atoms with E-state index in [2.05, 4.69) is 45.8 Å². The molecule has 136 valence electrons. The molecule has 7 heteroatoms. The number of carbonyl (C=O) groups excluding carboxylic acids is 1. The first kappa shape index (κ1) is 21.3. The van der Waals surface area contributed by atoms with Gasteiger partial charge in [0.05, 0.1) is 0 Å². The van der Waals surface area contributed by atoms with Gasteiger partial charge >= 0.3 is 14.5 Å². The van der Waals surface area contributed by atoms with Crippen LogP contribution in [0.2, 0.25) is 51.9 Å². The van der Waals surface area contributed by atoms with Crippen LogP contribution in [-0.4, -0.2) is 31.2 Å². The maximum absolute atomic E-state index is 11.0. The average Bonchev–Trinajstić information content (AvgIpc) is 2.32. The summed E-state index contributed by atoms with van der Waals surface area (Å²) in [5.41, 5.74) is 1.21. The Bertz CT molecular complexity index is 528. The molecule has 0 aliphatic heterocycles. The molecular weight excluding hydrogens is 352 g/mol. The molecule has 4 nitrogen and oxygen atoms in total. The quantitative estimate of drug-likeness (QED) is 0.362. The number of aryl methyl sites for hydroxylation is 1. The van der Waals surface area contributed by atoms with Gasteiger partial charge in [-0.1, -0.05) is 12.1 Å². The summed E-state index contributed by atoms with van der Waals surface area (Å²) in [5.74, 6) is 0.290. The van der Waals surface area contributed by atoms with Crippen LogP contribution in [0.3, 0.4) is 0 Å². The lowest BCUT2D eigenvalue weighted by Gasteiger charge is -2.38. The molecule has 1 aromatic rings. The van der Waals surface area contributed by atoms with E-state index in [0.29, 0.717) is 5.75 Å². The SMILES string of the molecule is CC(=O)Oc1ccc(CC[Si](C)(O[Si](C)(C)C)O[Si](C)(C)C)cc1. The zero-order valence-corrected chi connectivity index (χ0v) is 19.4. The Morgan fingerprint density at radius 3 is 1.71 bits per heavy atom. The average molecular weight is 385 g/mol. The summed E-state index contributed by atoms with van der Waals surface area (Å²) in [6.45, 7) is 16.9. The second-order valence-corrected chi connectivity index (χ2v) is 21.2. The molecule has 0 saturated carbocycles. The third kappa shape index (κ3) is 8.93. The van der Waals surface area contributed by atoms with Crippen LogP contribution in [0.15, 0.2) is 24.3 Å². The zero-order chi connectivity index (χ0) is 18.6. The lowest BCUT2D eigenvalue weighted by molar-refractivity contribution is -0.131. The number of carbonyl (C=O) groups is 1. The van der Waals surface area contributed by atoms with Crippen molar-refractivity contribution in [3.63, 3.8) is 0 Å². The van der Waals surface area contributed by atoms with Crippen LogP contribution in [0.1, 0.15) is 12.5 Å². The molecule has 1 aromatic carbocycles. The van der Waals surface area contributed by atoms with Gasteiger partial charge in [-0.3, -0.25) is 4.79 Å².